The third-order valence-electron chi connectivity index (χ3n) is 5.27. The summed E-state index contributed by atoms with van der Waals surface area (Å²) in [5.41, 5.74) is 10.4. The molecule has 0 aliphatic carbocycles. The third-order valence-corrected chi connectivity index (χ3v) is 7.44. The predicted molar refractivity (Wildman–Crippen MR) is 130 cm³/mol. The highest BCUT2D eigenvalue weighted by Crippen LogP contribution is 2.30. The van der Waals surface area contributed by atoms with Crippen LogP contribution in [0.3, 0.4) is 0 Å². The van der Waals surface area contributed by atoms with Crippen molar-refractivity contribution in [2.45, 2.75) is 30.5 Å². The van der Waals surface area contributed by atoms with Crippen LogP contribution in [0.2, 0.25) is 0 Å². The van der Waals surface area contributed by atoms with Crippen LogP contribution >= 0.6 is 0 Å². The first-order valence-electron chi connectivity index (χ1n) is 10.5. The van der Waals surface area contributed by atoms with Crippen molar-refractivity contribution in [3.8, 4) is 34.0 Å². The van der Waals surface area contributed by atoms with Gasteiger partial charge in [0.25, 0.3) is 0 Å². The zero-order chi connectivity index (χ0) is 23.6. The molecule has 8 nitrogen and oxygen atoms in total. The monoisotopic (exact) mass is 465 g/mol. The van der Waals surface area contributed by atoms with E-state index in [9.17, 15) is 8.42 Å². The van der Waals surface area contributed by atoms with Gasteiger partial charge in [0.05, 0.1) is 22.0 Å². The Labute approximate surface area is 194 Å². The van der Waals surface area contributed by atoms with Crippen LogP contribution in [-0.4, -0.2) is 35.8 Å². The Morgan fingerprint density at radius 1 is 1.03 bits per heavy atom. The molecule has 0 spiro atoms. The molecule has 0 aliphatic heterocycles. The number of rotatable bonds is 7. The second-order valence-electron chi connectivity index (χ2n) is 7.91. The van der Waals surface area contributed by atoms with Crippen molar-refractivity contribution in [3.05, 3.63) is 66.4 Å². The summed E-state index contributed by atoms with van der Waals surface area (Å²) < 4.78 is 30.3. The number of sulfone groups is 1. The van der Waals surface area contributed by atoms with E-state index in [1.165, 1.54) is 5.56 Å². The van der Waals surface area contributed by atoms with Gasteiger partial charge < -0.3 is 15.6 Å². The lowest BCUT2D eigenvalue weighted by molar-refractivity contribution is 0.434. The van der Waals surface area contributed by atoms with Crippen LogP contribution in [0.15, 0.2) is 70.2 Å². The quantitative estimate of drug-likeness (QED) is 0.416. The number of hydrogen-bond donors (Lipinski definition) is 2. The van der Waals surface area contributed by atoms with Crippen molar-refractivity contribution in [1.29, 1.82) is 0 Å². The molecule has 3 N–H and O–H groups in total. The average molecular weight is 466 g/mol. The van der Waals surface area contributed by atoms with E-state index in [0.29, 0.717) is 28.4 Å². The van der Waals surface area contributed by atoms with Gasteiger partial charge in [-0.05, 0) is 38.6 Å². The highest BCUT2D eigenvalue weighted by molar-refractivity contribution is 7.92. The first-order valence-corrected chi connectivity index (χ1v) is 12.0. The molecule has 2 heterocycles. The van der Waals surface area contributed by atoms with Crippen LogP contribution in [0, 0.1) is 0 Å². The molecule has 2 aromatic heterocycles. The molecule has 0 atom stereocenters. The van der Waals surface area contributed by atoms with Gasteiger partial charge in [-0.15, -0.1) is 0 Å². The Balaban J connectivity index is 0.00000324. The number of nitrogens with two attached hydrogens (primary N) is 1. The number of aromatic nitrogens is 3. The number of anilines is 1. The molecule has 0 unspecified atom stereocenters. The summed E-state index contributed by atoms with van der Waals surface area (Å²) in [5.74, 6) is 0.611. The molecule has 0 amide bonds. The molecule has 0 bridgehead atoms. The smallest absolute Gasteiger partial charge is 0.189 e. The molecule has 33 heavy (non-hydrogen) atoms. The first-order chi connectivity index (χ1) is 15.8. The standard InChI is InChI=1S/C24H25N5O3S.H2/c1-15(2)33(30,31)19-10-8-18(9-11-19)21-14-27-24(25)23(28-21)22-12-20(29-32-22)17-6-4-16(5-7-17)13-26-3;/h4-12,14-15,26H,13H2,1-3H3,(H2,25,27);1H. The highest BCUT2D eigenvalue weighted by atomic mass is 32.2. The lowest BCUT2D eigenvalue weighted by Gasteiger charge is -2.09. The number of nitrogen functional groups attached to an aromatic ring is 1. The van der Waals surface area contributed by atoms with E-state index in [4.69, 9.17) is 10.3 Å². The first kappa shape index (κ1) is 22.6. The van der Waals surface area contributed by atoms with Gasteiger partial charge in [0.15, 0.2) is 27.1 Å². The molecule has 0 aliphatic rings. The van der Waals surface area contributed by atoms with Crippen molar-refractivity contribution in [2.75, 3.05) is 12.8 Å². The van der Waals surface area contributed by atoms with E-state index in [-0.39, 0.29) is 12.1 Å². The molecular formula is C24H27N5O3S. The Morgan fingerprint density at radius 2 is 1.67 bits per heavy atom. The Bertz CT molecular complexity index is 1370. The highest BCUT2D eigenvalue weighted by Gasteiger charge is 2.20. The Hall–Kier alpha value is -3.56. The maximum absolute atomic E-state index is 12.4. The maximum atomic E-state index is 12.4. The van der Waals surface area contributed by atoms with Crippen LogP contribution < -0.4 is 11.1 Å². The van der Waals surface area contributed by atoms with E-state index < -0.39 is 15.1 Å². The van der Waals surface area contributed by atoms with Crippen molar-refractivity contribution >= 4 is 15.7 Å². The summed E-state index contributed by atoms with van der Waals surface area (Å²) in [6, 6.07) is 16.3. The maximum Gasteiger partial charge on any atom is 0.189 e. The fourth-order valence-electron chi connectivity index (χ4n) is 3.33. The molecule has 0 fully saturated rings. The van der Waals surface area contributed by atoms with E-state index in [1.54, 1.807) is 50.4 Å². The summed E-state index contributed by atoms with van der Waals surface area (Å²) in [5, 5.41) is 6.78. The van der Waals surface area contributed by atoms with Crippen molar-refractivity contribution < 1.29 is 14.4 Å². The second kappa shape index (κ2) is 9.13. The van der Waals surface area contributed by atoms with E-state index in [1.807, 2.05) is 31.3 Å². The van der Waals surface area contributed by atoms with E-state index in [2.05, 4.69) is 20.4 Å². The van der Waals surface area contributed by atoms with Gasteiger partial charge in [-0.25, -0.2) is 18.4 Å². The molecule has 2 aromatic carbocycles. The van der Waals surface area contributed by atoms with Gasteiger partial charge in [0, 0.05) is 25.2 Å². The molecule has 0 saturated heterocycles. The minimum Gasteiger partial charge on any atom is -0.382 e. The molecule has 4 rings (SSSR count). The fourth-order valence-corrected chi connectivity index (χ4v) is 4.39. The molecule has 172 valence electrons. The fraction of sp³-hybridized carbons (Fsp3) is 0.208. The normalized spacial score (nSPS) is 11.8. The minimum absolute atomic E-state index is 0. The SMILES string of the molecule is CNCc1ccc(-c2cc(-c3nc(-c4ccc(S(=O)(=O)C(C)C)cc4)cnc3N)on2)cc1.[HH]. The van der Waals surface area contributed by atoms with Gasteiger partial charge in [-0.3, -0.25) is 0 Å². The van der Waals surface area contributed by atoms with E-state index >= 15 is 0 Å². The number of hydrogen-bond acceptors (Lipinski definition) is 8. The Morgan fingerprint density at radius 3 is 2.30 bits per heavy atom. The number of nitrogens with zero attached hydrogens (tertiary/aromatic N) is 3. The summed E-state index contributed by atoms with van der Waals surface area (Å²) in [4.78, 5) is 9.12. The molecule has 0 radical (unpaired) electrons. The average Bonchev–Trinajstić information content (AvgIpc) is 3.30. The van der Waals surface area contributed by atoms with Crippen LogP contribution in [0.25, 0.3) is 34.0 Å². The minimum atomic E-state index is -3.35. The van der Waals surface area contributed by atoms with Crippen molar-refractivity contribution in [1.82, 2.24) is 20.4 Å². The van der Waals surface area contributed by atoms with Gasteiger partial charge in [-0.2, -0.15) is 0 Å². The summed E-state index contributed by atoms with van der Waals surface area (Å²) in [7, 11) is -1.44. The largest absolute Gasteiger partial charge is 0.382 e. The van der Waals surface area contributed by atoms with Gasteiger partial charge >= 0.3 is 0 Å². The topological polar surface area (TPSA) is 124 Å². The number of nitrogens with one attached hydrogen (secondary N) is 1. The van der Waals surface area contributed by atoms with Crippen LogP contribution in [-0.2, 0) is 16.4 Å². The summed E-state index contributed by atoms with van der Waals surface area (Å²) in [6.45, 7) is 4.10. The van der Waals surface area contributed by atoms with Crippen LogP contribution in [0.1, 0.15) is 20.8 Å². The van der Waals surface area contributed by atoms with Gasteiger partial charge in [-0.1, -0.05) is 41.6 Å². The molecule has 9 heteroatoms. The molecule has 4 aromatic rings. The molecular weight excluding hydrogens is 438 g/mol. The zero-order valence-electron chi connectivity index (χ0n) is 18.6. The summed E-state index contributed by atoms with van der Waals surface area (Å²) in [6.07, 6.45) is 1.54. The van der Waals surface area contributed by atoms with Gasteiger partial charge in [0.1, 0.15) is 5.69 Å². The molecule has 0 saturated carbocycles. The Kier molecular flexibility index (Phi) is 6.26. The number of benzene rings is 2. The lowest BCUT2D eigenvalue weighted by Crippen LogP contribution is -2.13. The predicted octanol–water partition coefficient (Wildman–Crippen LogP) is 4.20. The van der Waals surface area contributed by atoms with Gasteiger partial charge in [0.2, 0.25) is 0 Å². The van der Waals surface area contributed by atoms with Crippen molar-refractivity contribution in [3.63, 3.8) is 0 Å². The lowest BCUT2D eigenvalue weighted by atomic mass is 10.1. The summed E-state index contributed by atoms with van der Waals surface area (Å²) >= 11 is 0. The third kappa shape index (κ3) is 4.64. The zero-order valence-corrected chi connectivity index (χ0v) is 19.4. The van der Waals surface area contributed by atoms with Crippen molar-refractivity contribution in [2.24, 2.45) is 0 Å². The van der Waals surface area contributed by atoms with E-state index in [0.717, 1.165) is 12.1 Å². The van der Waals surface area contributed by atoms with Crippen LogP contribution in [0.5, 0.6) is 0 Å². The second-order valence-corrected chi connectivity index (χ2v) is 10.4. The van der Waals surface area contributed by atoms with Crippen LogP contribution in [0.4, 0.5) is 5.82 Å².